The molecule has 0 spiro atoms. The summed E-state index contributed by atoms with van der Waals surface area (Å²) in [5.41, 5.74) is 0. The van der Waals surface area contributed by atoms with Gasteiger partial charge < -0.3 is 14.0 Å². The maximum absolute atomic E-state index is 13.8. The Hall–Kier alpha value is -1.59. The minimum atomic E-state index is -7.65. The van der Waals surface area contributed by atoms with Crippen LogP contribution in [0.15, 0.2) is 0 Å². The summed E-state index contributed by atoms with van der Waals surface area (Å²) in [7, 11) is 6.21. The third kappa shape index (κ3) is 7.71. The number of hydrogen-bond donors (Lipinski definition) is 0. The second kappa shape index (κ2) is 11.9. The molecule has 0 rings (SSSR count). The average Bonchev–Trinajstić information content (AvgIpc) is 2.70. The van der Waals surface area contributed by atoms with Crippen LogP contribution in [0.5, 0.6) is 0 Å². The van der Waals surface area contributed by atoms with Gasteiger partial charge in [0.2, 0.25) is 0 Å². The van der Waals surface area contributed by atoms with Crippen molar-refractivity contribution in [1.29, 1.82) is 0 Å². The number of esters is 2. The van der Waals surface area contributed by atoms with E-state index < -0.39 is 72.7 Å². The Morgan fingerprint density at radius 1 is 0.861 bits per heavy atom. The summed E-state index contributed by atoms with van der Waals surface area (Å²) in [5, 5.41) is -1.42. The molecule has 0 aliphatic heterocycles. The lowest BCUT2D eigenvalue weighted by atomic mass is 9.93. The molecule has 0 heterocycles. The van der Waals surface area contributed by atoms with E-state index in [-0.39, 0.29) is 5.75 Å². The Kier molecular flexibility index (Phi) is 11.3. The van der Waals surface area contributed by atoms with E-state index in [2.05, 4.69) is 9.47 Å². The molecular weight excluding hydrogens is 554 g/mol. The van der Waals surface area contributed by atoms with Gasteiger partial charge >= 0.3 is 48.0 Å². The van der Waals surface area contributed by atoms with Crippen LogP contribution in [0, 0.1) is 0 Å². The van der Waals surface area contributed by atoms with E-state index in [1.807, 2.05) is 0 Å². The van der Waals surface area contributed by atoms with E-state index in [0.717, 1.165) is 18.9 Å². The Morgan fingerprint density at radius 3 is 1.78 bits per heavy atom. The molecule has 1 unspecified atom stereocenters. The summed E-state index contributed by atoms with van der Waals surface area (Å²) in [5.74, 6) is -38.1. The minimum Gasteiger partial charge on any atom is -0.469 e. The zero-order valence-electron chi connectivity index (χ0n) is 19.2. The summed E-state index contributed by atoms with van der Waals surface area (Å²) in [6, 6.07) is 0. The van der Waals surface area contributed by atoms with Gasteiger partial charge in [0.1, 0.15) is 5.25 Å². The molecule has 0 aliphatic rings. The number of ether oxygens (including phenoxy) is 2. The van der Waals surface area contributed by atoms with Gasteiger partial charge in [0.05, 0.1) is 54.2 Å². The zero-order valence-corrected chi connectivity index (χ0v) is 20.0. The molecule has 0 aromatic carbocycles. The van der Waals surface area contributed by atoms with Crippen molar-refractivity contribution < 1.29 is 76.2 Å². The largest absolute Gasteiger partial charge is 0.469 e. The highest BCUT2D eigenvalue weighted by Crippen LogP contribution is 2.58. The normalized spacial score (nSPS) is 15.1. The average molecular weight is 578 g/mol. The number of quaternary nitrogens is 1. The molecule has 1 atom stereocenters. The monoisotopic (exact) mass is 578 g/mol. The number of thioether (sulfide) groups is 1. The van der Waals surface area contributed by atoms with Crippen LogP contribution in [0.1, 0.15) is 12.8 Å². The van der Waals surface area contributed by atoms with Crippen LogP contribution in [0.2, 0.25) is 0 Å². The van der Waals surface area contributed by atoms with E-state index in [0.29, 0.717) is 11.0 Å². The lowest BCUT2D eigenvalue weighted by Crippen LogP contribution is -2.68. The van der Waals surface area contributed by atoms with Crippen LogP contribution < -0.4 is 0 Å². The fraction of sp³-hybridized carbons (Fsp3) is 0.889. The molecule has 0 fully saturated rings. The number of carbonyl (C=O) groups is 2. The van der Waals surface area contributed by atoms with E-state index in [1.165, 1.54) is 0 Å². The van der Waals surface area contributed by atoms with E-state index in [4.69, 9.17) is 0 Å². The van der Waals surface area contributed by atoms with E-state index in [1.54, 1.807) is 21.1 Å². The van der Waals surface area contributed by atoms with E-state index >= 15 is 0 Å². The van der Waals surface area contributed by atoms with Crippen molar-refractivity contribution in [3.8, 4) is 0 Å². The fourth-order valence-electron chi connectivity index (χ4n) is 2.22. The highest BCUT2D eigenvalue weighted by Gasteiger charge is 2.87. The van der Waals surface area contributed by atoms with Crippen LogP contribution in [0.25, 0.3) is 0 Å². The summed E-state index contributed by atoms with van der Waals surface area (Å²) in [4.78, 5) is 23.6. The highest BCUT2D eigenvalue weighted by molar-refractivity contribution is 8.00. The number of halogens is 12. The van der Waals surface area contributed by atoms with Gasteiger partial charge in [-0.1, -0.05) is 0 Å². The number of rotatable bonds is 15. The van der Waals surface area contributed by atoms with Crippen molar-refractivity contribution >= 4 is 23.7 Å². The maximum Gasteiger partial charge on any atom is 0.384 e. The lowest BCUT2D eigenvalue weighted by Gasteiger charge is -2.39. The molecule has 0 aromatic heterocycles. The first-order valence-electron chi connectivity index (χ1n) is 9.71. The highest BCUT2D eigenvalue weighted by atomic mass is 32.2. The zero-order chi connectivity index (χ0) is 29.0. The van der Waals surface area contributed by atoms with Crippen molar-refractivity contribution in [1.82, 2.24) is 0 Å². The number of methoxy groups -OCH3 is 1. The van der Waals surface area contributed by atoms with Crippen LogP contribution in [0.3, 0.4) is 0 Å². The molecule has 0 bridgehead atoms. The van der Waals surface area contributed by atoms with Crippen LogP contribution >= 0.6 is 11.8 Å². The van der Waals surface area contributed by atoms with Crippen molar-refractivity contribution in [2.45, 2.75) is 54.1 Å². The van der Waals surface area contributed by atoms with Gasteiger partial charge in [0, 0.05) is 5.75 Å². The van der Waals surface area contributed by atoms with Gasteiger partial charge in [-0.3, -0.25) is 9.59 Å². The Morgan fingerprint density at radius 2 is 1.36 bits per heavy atom. The smallest absolute Gasteiger partial charge is 0.384 e. The molecular formula is C18H24F12NO4S+. The number of carbonyl (C=O) groups excluding carboxylic acids is 2. The number of alkyl halides is 12. The molecule has 18 heteroatoms. The van der Waals surface area contributed by atoms with Gasteiger partial charge in [-0.25, -0.2) is 8.78 Å². The van der Waals surface area contributed by atoms with Gasteiger partial charge in [-0.2, -0.15) is 43.9 Å². The lowest BCUT2D eigenvalue weighted by molar-refractivity contribution is -0.867. The summed E-state index contributed by atoms with van der Waals surface area (Å²) < 4.78 is 167. The standard InChI is InChI=1S/C18H24F12NO4S/c1-31(2,3)6-8-36-10(9-11(32)34-4)12(33)35-7-5-14(21,22)16(25,26)18(29,30)17(27,28)15(23,24)13(19)20/h10,13H,5-9H2,1-4H3/q+1. The SMILES string of the molecule is COC(=O)CC(SCC[N+](C)(C)C)C(=O)OCCC(F)(F)C(F)(F)C(F)(F)C(F)(F)C(F)(F)C(F)F. The Bertz CT molecular complexity index is 759. The Balaban J connectivity index is 5.53. The predicted molar refractivity (Wildman–Crippen MR) is 102 cm³/mol. The van der Waals surface area contributed by atoms with Crippen LogP contribution in [-0.4, -0.2) is 105 Å². The number of hydrogen-bond acceptors (Lipinski definition) is 5. The molecule has 5 nitrogen and oxygen atoms in total. The first-order chi connectivity index (χ1) is 15.9. The maximum atomic E-state index is 13.8. The first kappa shape index (κ1) is 34.4. The molecule has 36 heavy (non-hydrogen) atoms. The van der Waals surface area contributed by atoms with Crippen molar-refractivity contribution in [3.05, 3.63) is 0 Å². The quantitative estimate of drug-likeness (QED) is 0.160. The van der Waals surface area contributed by atoms with Gasteiger partial charge in [-0.05, 0) is 0 Å². The molecule has 0 N–H and O–H groups in total. The molecule has 0 radical (unpaired) electrons. The third-order valence-corrected chi connectivity index (χ3v) is 5.70. The predicted octanol–water partition coefficient (Wildman–Crippen LogP) is 4.73. The van der Waals surface area contributed by atoms with Gasteiger partial charge in [-0.15, -0.1) is 11.8 Å². The second-order valence-electron chi connectivity index (χ2n) is 8.42. The summed E-state index contributed by atoms with van der Waals surface area (Å²) in [6.07, 6.45) is -8.84. The topological polar surface area (TPSA) is 52.6 Å². The van der Waals surface area contributed by atoms with Crippen LogP contribution in [0.4, 0.5) is 52.7 Å². The molecule has 0 amide bonds. The van der Waals surface area contributed by atoms with Gasteiger partial charge in [0.25, 0.3) is 0 Å². The van der Waals surface area contributed by atoms with E-state index in [9.17, 15) is 62.3 Å². The first-order valence-corrected chi connectivity index (χ1v) is 10.8. The molecule has 0 aromatic rings. The van der Waals surface area contributed by atoms with Crippen molar-refractivity contribution in [2.24, 2.45) is 0 Å². The molecule has 0 saturated heterocycles. The van der Waals surface area contributed by atoms with Gasteiger partial charge in [0.15, 0.2) is 0 Å². The fourth-order valence-corrected chi connectivity index (χ4v) is 3.61. The Labute approximate surface area is 202 Å². The molecule has 0 saturated carbocycles. The number of nitrogens with zero attached hydrogens (tertiary/aromatic N) is 1. The van der Waals surface area contributed by atoms with Crippen LogP contribution in [-0.2, 0) is 19.1 Å². The summed E-state index contributed by atoms with van der Waals surface area (Å²) in [6.45, 7) is -1.39. The summed E-state index contributed by atoms with van der Waals surface area (Å²) >= 11 is 0.777. The molecule has 0 aliphatic carbocycles. The second-order valence-corrected chi connectivity index (χ2v) is 9.73. The minimum absolute atomic E-state index is 0.189. The van der Waals surface area contributed by atoms with Crippen molar-refractivity contribution in [2.75, 3.05) is 47.2 Å². The third-order valence-electron chi connectivity index (χ3n) is 4.52. The molecule has 214 valence electrons. The van der Waals surface area contributed by atoms with Crippen molar-refractivity contribution in [3.63, 3.8) is 0 Å².